The Morgan fingerprint density at radius 1 is 1.04 bits per heavy atom. The molecule has 0 spiro atoms. The fraction of sp³-hybridized carbons (Fsp3) is 0.0952. The molecule has 4 nitrogen and oxygen atoms in total. The molecule has 0 fully saturated rings. The largest absolute Gasteiger partial charge is 0.485 e. The first-order chi connectivity index (χ1) is 12.8. The van der Waals surface area contributed by atoms with Gasteiger partial charge in [0.25, 0.3) is 5.91 Å². The summed E-state index contributed by atoms with van der Waals surface area (Å²) in [6.07, 6.45) is -0.689. The van der Waals surface area contributed by atoms with E-state index in [0.29, 0.717) is 17.2 Å². The van der Waals surface area contributed by atoms with Gasteiger partial charge < -0.3 is 14.8 Å². The number of hydrogen-bond donors (Lipinski definition) is 1. The average Bonchev–Trinajstić information content (AvgIpc) is 3.20. The highest BCUT2D eigenvalue weighted by atomic mass is 32.1. The minimum atomic E-state index is -0.689. The van der Waals surface area contributed by atoms with Crippen LogP contribution in [0.3, 0.4) is 0 Å². The maximum atomic E-state index is 12.5. The van der Waals surface area contributed by atoms with E-state index in [1.54, 1.807) is 17.4 Å². The Kier molecular flexibility index (Phi) is 4.59. The van der Waals surface area contributed by atoms with Gasteiger partial charge in [-0.2, -0.15) is 0 Å². The van der Waals surface area contributed by atoms with Crippen molar-refractivity contribution in [2.45, 2.75) is 6.10 Å². The molecule has 0 saturated heterocycles. The number of amides is 1. The Morgan fingerprint density at radius 3 is 2.77 bits per heavy atom. The highest BCUT2D eigenvalue weighted by Gasteiger charge is 2.27. The Morgan fingerprint density at radius 2 is 1.92 bits per heavy atom. The van der Waals surface area contributed by atoms with Gasteiger partial charge in [0.1, 0.15) is 6.61 Å². The summed E-state index contributed by atoms with van der Waals surface area (Å²) >= 11 is 1.60. The first-order valence-corrected chi connectivity index (χ1v) is 9.01. The highest BCUT2D eigenvalue weighted by molar-refractivity contribution is 7.10. The molecule has 5 heteroatoms. The molecule has 4 rings (SSSR count). The smallest absolute Gasteiger partial charge is 0.269 e. The maximum absolute atomic E-state index is 12.5. The predicted molar refractivity (Wildman–Crippen MR) is 102 cm³/mol. The molecule has 3 aromatic rings. The van der Waals surface area contributed by atoms with Crippen molar-refractivity contribution in [1.82, 2.24) is 0 Å². The molecule has 26 heavy (non-hydrogen) atoms. The third-order valence-electron chi connectivity index (χ3n) is 3.78. The van der Waals surface area contributed by atoms with Crippen LogP contribution in [0, 0.1) is 11.8 Å². The first-order valence-electron chi connectivity index (χ1n) is 8.13. The zero-order valence-electron chi connectivity index (χ0n) is 13.8. The van der Waals surface area contributed by atoms with Crippen molar-refractivity contribution in [3.63, 3.8) is 0 Å². The van der Waals surface area contributed by atoms with Gasteiger partial charge in [-0.1, -0.05) is 36.1 Å². The standard InChI is InChI=1S/C21H15NO3S/c23-21(20-14-24-18-8-1-2-9-19(18)25-20)22-16-6-3-5-15(13-16)10-11-17-7-4-12-26-17/h1-9,12-13,20H,14H2,(H,22,23)/t20-/m0/s1. The molecule has 2 aromatic carbocycles. The van der Waals surface area contributed by atoms with Crippen molar-refractivity contribution in [3.05, 3.63) is 76.5 Å². The summed E-state index contributed by atoms with van der Waals surface area (Å²) in [6.45, 7) is 0.181. The number of carbonyl (C=O) groups is 1. The molecule has 0 aliphatic carbocycles. The third-order valence-corrected chi connectivity index (χ3v) is 4.57. The van der Waals surface area contributed by atoms with Crippen molar-refractivity contribution in [2.24, 2.45) is 0 Å². The molecule has 2 heterocycles. The normalized spacial score (nSPS) is 14.8. The summed E-state index contributed by atoms with van der Waals surface area (Å²) in [5.41, 5.74) is 1.51. The van der Waals surface area contributed by atoms with Crippen LogP contribution < -0.4 is 14.8 Å². The van der Waals surface area contributed by atoms with Crippen LogP contribution in [0.15, 0.2) is 66.0 Å². The zero-order chi connectivity index (χ0) is 17.8. The Labute approximate surface area is 155 Å². The summed E-state index contributed by atoms with van der Waals surface area (Å²) in [5.74, 6) is 7.20. The van der Waals surface area contributed by atoms with Gasteiger partial charge in [0.15, 0.2) is 11.5 Å². The molecule has 1 aliphatic rings. The van der Waals surface area contributed by atoms with Crippen molar-refractivity contribution in [3.8, 4) is 23.3 Å². The second kappa shape index (κ2) is 7.34. The lowest BCUT2D eigenvalue weighted by molar-refractivity contribution is -0.125. The number of benzene rings is 2. The summed E-state index contributed by atoms with van der Waals surface area (Å²) in [7, 11) is 0. The van der Waals surface area contributed by atoms with Crippen LogP contribution in [-0.4, -0.2) is 18.6 Å². The van der Waals surface area contributed by atoms with Gasteiger partial charge in [0, 0.05) is 11.3 Å². The molecular formula is C21H15NO3S. The van der Waals surface area contributed by atoms with Gasteiger partial charge in [-0.25, -0.2) is 0 Å². The van der Waals surface area contributed by atoms with Crippen molar-refractivity contribution < 1.29 is 14.3 Å². The van der Waals surface area contributed by atoms with E-state index in [9.17, 15) is 4.79 Å². The van der Waals surface area contributed by atoms with E-state index in [0.717, 1.165) is 10.4 Å². The van der Waals surface area contributed by atoms with Crippen molar-refractivity contribution >= 4 is 22.9 Å². The summed E-state index contributed by atoms with van der Waals surface area (Å²) in [4.78, 5) is 13.5. The van der Waals surface area contributed by atoms with Gasteiger partial charge in [-0.3, -0.25) is 4.79 Å². The van der Waals surface area contributed by atoms with Crippen LogP contribution in [0.1, 0.15) is 10.4 Å². The van der Waals surface area contributed by atoms with Gasteiger partial charge in [-0.05, 0) is 41.8 Å². The number of rotatable bonds is 2. The van der Waals surface area contributed by atoms with Crippen molar-refractivity contribution in [1.29, 1.82) is 0 Å². The van der Waals surface area contributed by atoms with Gasteiger partial charge in [0.05, 0.1) is 4.88 Å². The van der Waals surface area contributed by atoms with E-state index in [1.165, 1.54) is 0 Å². The molecule has 1 aromatic heterocycles. The first kappa shape index (κ1) is 16.2. The summed E-state index contributed by atoms with van der Waals surface area (Å²) in [6, 6.07) is 18.7. The Balaban J connectivity index is 1.44. The molecule has 0 bridgehead atoms. The van der Waals surface area contributed by atoms with Crippen LogP contribution in [0.25, 0.3) is 0 Å². The van der Waals surface area contributed by atoms with E-state index in [2.05, 4.69) is 17.2 Å². The van der Waals surface area contributed by atoms with Crippen molar-refractivity contribution in [2.75, 3.05) is 11.9 Å². The number of thiophene rings is 1. The predicted octanol–water partition coefficient (Wildman–Crippen LogP) is 3.93. The third kappa shape index (κ3) is 3.71. The SMILES string of the molecule is O=C(Nc1cccc(C#Cc2cccs2)c1)[C@@H]1COc2ccccc2O1. The van der Waals surface area contributed by atoms with E-state index in [-0.39, 0.29) is 12.5 Å². The summed E-state index contributed by atoms with van der Waals surface area (Å²) < 4.78 is 11.3. The van der Waals surface area contributed by atoms with E-state index >= 15 is 0 Å². The molecule has 1 N–H and O–H groups in total. The fourth-order valence-electron chi connectivity index (χ4n) is 2.53. The molecule has 0 unspecified atom stereocenters. The van der Waals surface area contributed by atoms with Gasteiger partial charge >= 0.3 is 0 Å². The topological polar surface area (TPSA) is 47.6 Å². The molecule has 1 amide bonds. The maximum Gasteiger partial charge on any atom is 0.269 e. The quantitative estimate of drug-likeness (QED) is 0.704. The van der Waals surface area contributed by atoms with E-state index in [4.69, 9.17) is 9.47 Å². The number of nitrogens with one attached hydrogen (secondary N) is 1. The zero-order valence-corrected chi connectivity index (χ0v) is 14.6. The molecule has 1 aliphatic heterocycles. The van der Waals surface area contributed by atoms with Crippen LogP contribution in [0.4, 0.5) is 5.69 Å². The van der Waals surface area contributed by atoms with Crippen LogP contribution in [0.5, 0.6) is 11.5 Å². The lowest BCUT2D eigenvalue weighted by Gasteiger charge is -2.25. The number of fused-ring (bicyclic) bond motifs is 1. The van der Waals surface area contributed by atoms with Crippen LogP contribution in [-0.2, 0) is 4.79 Å². The Bertz CT molecular complexity index is 986. The number of carbonyl (C=O) groups excluding carboxylic acids is 1. The second-order valence-corrected chi connectivity index (χ2v) is 6.61. The number of para-hydroxylation sites is 2. The summed E-state index contributed by atoms with van der Waals surface area (Å²) in [5, 5.41) is 4.86. The molecule has 0 saturated carbocycles. The molecular weight excluding hydrogens is 346 g/mol. The Hall–Kier alpha value is -3.23. The van der Waals surface area contributed by atoms with Gasteiger partial charge in [0.2, 0.25) is 6.10 Å². The monoisotopic (exact) mass is 361 g/mol. The van der Waals surface area contributed by atoms with Crippen LogP contribution in [0.2, 0.25) is 0 Å². The minimum Gasteiger partial charge on any atom is -0.485 e. The molecule has 1 atom stereocenters. The lowest BCUT2D eigenvalue weighted by atomic mass is 10.2. The molecule has 128 valence electrons. The average molecular weight is 361 g/mol. The number of ether oxygens (including phenoxy) is 2. The minimum absolute atomic E-state index is 0.181. The highest BCUT2D eigenvalue weighted by Crippen LogP contribution is 2.31. The molecule has 0 radical (unpaired) electrons. The van der Waals surface area contributed by atoms with E-state index < -0.39 is 6.10 Å². The van der Waals surface area contributed by atoms with Crippen LogP contribution >= 0.6 is 11.3 Å². The van der Waals surface area contributed by atoms with E-state index in [1.807, 2.05) is 60.0 Å². The lowest BCUT2D eigenvalue weighted by Crippen LogP contribution is -2.40. The number of hydrogen-bond acceptors (Lipinski definition) is 4. The second-order valence-electron chi connectivity index (χ2n) is 5.66. The number of anilines is 1. The fourth-order valence-corrected chi connectivity index (χ4v) is 3.10. The van der Waals surface area contributed by atoms with Gasteiger partial charge in [-0.15, -0.1) is 11.3 Å².